The number of carbonyl (C=O) groups excluding carboxylic acids is 1. The zero-order chi connectivity index (χ0) is 13.9. The van der Waals surface area contributed by atoms with Gasteiger partial charge in [0.15, 0.2) is 11.5 Å². The Hall–Kier alpha value is -2.50. The van der Waals surface area contributed by atoms with Gasteiger partial charge in [0, 0.05) is 30.5 Å². The van der Waals surface area contributed by atoms with Crippen LogP contribution in [-0.2, 0) is 6.54 Å². The molecule has 1 atom stereocenters. The average molecular weight is 273 g/mol. The molecule has 0 spiro atoms. The molecule has 1 amide bonds. The number of nitrogens with zero attached hydrogens (tertiary/aromatic N) is 2. The summed E-state index contributed by atoms with van der Waals surface area (Å²) in [6, 6.07) is 5.17. The largest absolute Gasteiger partial charge is 0.454 e. The summed E-state index contributed by atoms with van der Waals surface area (Å²) in [6.07, 6.45) is 5.30. The van der Waals surface area contributed by atoms with E-state index in [1.165, 1.54) is 0 Å². The molecule has 20 heavy (non-hydrogen) atoms. The van der Waals surface area contributed by atoms with Gasteiger partial charge < -0.3 is 19.4 Å². The molecule has 2 aromatic rings. The monoisotopic (exact) mass is 273 g/mol. The Morgan fingerprint density at radius 3 is 3.10 bits per heavy atom. The number of rotatable bonds is 4. The van der Waals surface area contributed by atoms with E-state index in [0.29, 0.717) is 23.6 Å². The minimum absolute atomic E-state index is 0.00197. The summed E-state index contributed by atoms with van der Waals surface area (Å²) in [7, 11) is 0. The zero-order valence-electron chi connectivity index (χ0n) is 11.1. The summed E-state index contributed by atoms with van der Waals surface area (Å²) in [5, 5.41) is 2.94. The van der Waals surface area contributed by atoms with Gasteiger partial charge in [0.25, 0.3) is 5.91 Å². The maximum Gasteiger partial charge on any atom is 0.251 e. The smallest absolute Gasteiger partial charge is 0.251 e. The van der Waals surface area contributed by atoms with E-state index in [9.17, 15) is 4.79 Å². The highest BCUT2D eigenvalue weighted by atomic mass is 16.7. The first kappa shape index (κ1) is 12.5. The number of nitrogens with one attached hydrogen (secondary N) is 1. The molecule has 0 fully saturated rings. The number of ether oxygens (including phenoxy) is 2. The zero-order valence-corrected chi connectivity index (χ0v) is 11.1. The van der Waals surface area contributed by atoms with E-state index in [1.807, 2.05) is 17.7 Å². The van der Waals surface area contributed by atoms with Gasteiger partial charge >= 0.3 is 0 Å². The summed E-state index contributed by atoms with van der Waals surface area (Å²) in [5.41, 5.74) is 0.562. The van der Waals surface area contributed by atoms with Crippen molar-refractivity contribution in [1.29, 1.82) is 0 Å². The van der Waals surface area contributed by atoms with Crippen molar-refractivity contribution in [3.8, 4) is 11.5 Å². The van der Waals surface area contributed by atoms with Crippen LogP contribution in [0.15, 0.2) is 36.9 Å². The van der Waals surface area contributed by atoms with Crippen LogP contribution in [0.5, 0.6) is 11.5 Å². The van der Waals surface area contributed by atoms with Gasteiger partial charge in [0.1, 0.15) is 0 Å². The molecule has 6 nitrogen and oxygen atoms in total. The Bertz CT molecular complexity index is 610. The number of carbonyl (C=O) groups is 1. The van der Waals surface area contributed by atoms with E-state index in [-0.39, 0.29) is 18.7 Å². The first-order chi connectivity index (χ1) is 9.72. The second-order valence-electron chi connectivity index (χ2n) is 4.70. The number of benzene rings is 1. The number of aromatic nitrogens is 2. The van der Waals surface area contributed by atoms with Gasteiger partial charge in [-0.2, -0.15) is 0 Å². The van der Waals surface area contributed by atoms with Gasteiger partial charge in [0.05, 0.1) is 6.33 Å². The quantitative estimate of drug-likeness (QED) is 0.915. The van der Waals surface area contributed by atoms with Crippen LogP contribution in [0.25, 0.3) is 0 Å². The third kappa shape index (κ3) is 2.59. The minimum Gasteiger partial charge on any atom is -0.454 e. The van der Waals surface area contributed by atoms with Gasteiger partial charge in [-0.1, -0.05) is 0 Å². The van der Waals surface area contributed by atoms with Gasteiger partial charge in [0.2, 0.25) is 6.79 Å². The Kier molecular flexibility index (Phi) is 3.28. The SMILES string of the molecule is CC(Cn1ccnc1)NC(=O)c1ccc2c(c1)OCO2. The van der Waals surface area contributed by atoms with E-state index >= 15 is 0 Å². The highest BCUT2D eigenvalue weighted by Crippen LogP contribution is 2.32. The van der Waals surface area contributed by atoms with E-state index < -0.39 is 0 Å². The van der Waals surface area contributed by atoms with Gasteiger partial charge in [-0.25, -0.2) is 4.98 Å². The topological polar surface area (TPSA) is 65.4 Å². The second-order valence-corrected chi connectivity index (χ2v) is 4.70. The molecular formula is C14H15N3O3. The van der Waals surface area contributed by atoms with Crippen molar-refractivity contribution in [3.63, 3.8) is 0 Å². The van der Waals surface area contributed by atoms with E-state index in [0.717, 1.165) is 0 Å². The molecule has 2 heterocycles. The highest BCUT2D eigenvalue weighted by Gasteiger charge is 2.17. The minimum atomic E-state index is -0.129. The molecule has 0 bridgehead atoms. The fourth-order valence-corrected chi connectivity index (χ4v) is 2.10. The number of imidazole rings is 1. The highest BCUT2D eigenvalue weighted by molar-refractivity contribution is 5.95. The molecule has 3 rings (SSSR count). The third-order valence-corrected chi connectivity index (χ3v) is 3.06. The number of hydrogen-bond donors (Lipinski definition) is 1. The van der Waals surface area contributed by atoms with Crippen LogP contribution < -0.4 is 14.8 Å². The molecular weight excluding hydrogens is 258 g/mol. The maximum absolute atomic E-state index is 12.2. The van der Waals surface area contributed by atoms with Crippen LogP contribution >= 0.6 is 0 Å². The van der Waals surface area contributed by atoms with E-state index in [4.69, 9.17) is 9.47 Å². The summed E-state index contributed by atoms with van der Waals surface area (Å²) < 4.78 is 12.4. The third-order valence-electron chi connectivity index (χ3n) is 3.06. The van der Waals surface area contributed by atoms with Gasteiger partial charge in [-0.3, -0.25) is 4.79 Å². The van der Waals surface area contributed by atoms with Crippen LogP contribution in [-0.4, -0.2) is 28.3 Å². The lowest BCUT2D eigenvalue weighted by Crippen LogP contribution is -2.35. The van der Waals surface area contributed by atoms with Gasteiger partial charge in [-0.15, -0.1) is 0 Å². The summed E-state index contributed by atoms with van der Waals surface area (Å²) in [4.78, 5) is 16.1. The van der Waals surface area contributed by atoms with Crippen molar-refractivity contribution in [2.75, 3.05) is 6.79 Å². The van der Waals surface area contributed by atoms with Crippen molar-refractivity contribution >= 4 is 5.91 Å². The standard InChI is InChI=1S/C14H15N3O3/c1-10(7-17-5-4-15-8-17)16-14(18)11-2-3-12-13(6-11)20-9-19-12/h2-6,8,10H,7,9H2,1H3,(H,16,18). The average Bonchev–Trinajstić information content (AvgIpc) is 3.07. The fraction of sp³-hybridized carbons (Fsp3) is 0.286. The Balaban J connectivity index is 1.64. The van der Waals surface area contributed by atoms with Crippen molar-refractivity contribution in [3.05, 3.63) is 42.5 Å². The Labute approximate surface area is 116 Å². The summed E-state index contributed by atoms with van der Waals surface area (Å²) in [6.45, 7) is 2.83. The fourth-order valence-electron chi connectivity index (χ4n) is 2.10. The molecule has 0 saturated carbocycles. The van der Waals surface area contributed by atoms with Crippen LogP contribution in [0.1, 0.15) is 17.3 Å². The second kappa shape index (κ2) is 5.24. The molecule has 6 heteroatoms. The molecule has 0 aliphatic carbocycles. The summed E-state index contributed by atoms with van der Waals surface area (Å²) >= 11 is 0. The molecule has 1 aliphatic heterocycles. The molecule has 1 N–H and O–H groups in total. The van der Waals surface area contributed by atoms with Crippen molar-refractivity contribution in [1.82, 2.24) is 14.9 Å². The van der Waals surface area contributed by atoms with Crippen LogP contribution in [0.4, 0.5) is 0 Å². The predicted octanol–water partition coefficient (Wildman–Crippen LogP) is 1.43. The number of hydrogen-bond acceptors (Lipinski definition) is 4. The number of amides is 1. The first-order valence-electron chi connectivity index (χ1n) is 6.38. The van der Waals surface area contributed by atoms with Crippen molar-refractivity contribution < 1.29 is 14.3 Å². The maximum atomic E-state index is 12.2. The molecule has 0 radical (unpaired) electrons. The molecule has 1 unspecified atom stereocenters. The molecule has 1 aromatic heterocycles. The molecule has 0 saturated heterocycles. The normalized spacial score (nSPS) is 14.1. The van der Waals surface area contributed by atoms with E-state index in [2.05, 4.69) is 10.3 Å². The Morgan fingerprint density at radius 2 is 2.30 bits per heavy atom. The lowest BCUT2D eigenvalue weighted by molar-refractivity contribution is 0.0936. The number of fused-ring (bicyclic) bond motifs is 1. The van der Waals surface area contributed by atoms with Crippen LogP contribution in [0.3, 0.4) is 0 Å². The van der Waals surface area contributed by atoms with Crippen LogP contribution in [0, 0.1) is 0 Å². The van der Waals surface area contributed by atoms with Gasteiger partial charge in [-0.05, 0) is 25.1 Å². The Morgan fingerprint density at radius 1 is 1.45 bits per heavy atom. The predicted molar refractivity (Wildman–Crippen MR) is 71.7 cm³/mol. The summed E-state index contributed by atoms with van der Waals surface area (Å²) in [5.74, 6) is 1.16. The molecule has 1 aliphatic rings. The lowest BCUT2D eigenvalue weighted by atomic mass is 10.1. The molecule has 1 aromatic carbocycles. The van der Waals surface area contributed by atoms with Crippen LogP contribution in [0.2, 0.25) is 0 Å². The van der Waals surface area contributed by atoms with Crippen molar-refractivity contribution in [2.24, 2.45) is 0 Å². The first-order valence-corrected chi connectivity index (χ1v) is 6.38. The van der Waals surface area contributed by atoms with Crippen molar-refractivity contribution in [2.45, 2.75) is 19.5 Å². The van der Waals surface area contributed by atoms with E-state index in [1.54, 1.807) is 30.7 Å². The lowest BCUT2D eigenvalue weighted by Gasteiger charge is -2.14. The molecule has 104 valence electrons.